The highest BCUT2D eigenvalue weighted by molar-refractivity contribution is 8.00. The van der Waals surface area contributed by atoms with Gasteiger partial charge in [-0.1, -0.05) is 23.8 Å². The van der Waals surface area contributed by atoms with Crippen LogP contribution in [0.2, 0.25) is 0 Å². The quantitative estimate of drug-likeness (QED) is 0.821. The van der Waals surface area contributed by atoms with E-state index in [1.165, 1.54) is 22.9 Å². The van der Waals surface area contributed by atoms with Gasteiger partial charge in [-0.25, -0.2) is 0 Å². The molecule has 0 aromatic heterocycles. The van der Waals surface area contributed by atoms with E-state index in [-0.39, 0.29) is 11.9 Å². The number of nitrogens with one attached hydrogen (secondary N) is 1. The van der Waals surface area contributed by atoms with Crippen LogP contribution in [0.4, 0.5) is 0 Å². The van der Waals surface area contributed by atoms with Crippen LogP contribution in [-0.4, -0.2) is 24.9 Å². The first-order valence-corrected chi connectivity index (χ1v) is 9.40. The van der Waals surface area contributed by atoms with Crippen molar-refractivity contribution < 1.29 is 14.3 Å². The lowest BCUT2D eigenvalue weighted by Crippen LogP contribution is -2.28. The summed E-state index contributed by atoms with van der Waals surface area (Å²) in [4.78, 5) is 13.3. The van der Waals surface area contributed by atoms with E-state index >= 15 is 0 Å². The number of carbonyl (C=O) groups excluding carboxylic acids is 1. The molecular formula is C20H23NO3S. The molecule has 1 amide bonds. The summed E-state index contributed by atoms with van der Waals surface area (Å²) in [5.74, 6) is 1.91. The number of amides is 1. The van der Waals surface area contributed by atoms with Crippen molar-refractivity contribution >= 4 is 17.7 Å². The molecule has 3 rings (SSSR count). The number of ether oxygens (including phenoxy) is 2. The first-order valence-electron chi connectivity index (χ1n) is 8.42. The maximum absolute atomic E-state index is 12.3. The molecule has 0 saturated carbocycles. The fourth-order valence-electron chi connectivity index (χ4n) is 2.85. The number of benzene rings is 2. The van der Waals surface area contributed by atoms with Crippen LogP contribution < -0.4 is 14.8 Å². The van der Waals surface area contributed by atoms with Gasteiger partial charge in [0.2, 0.25) is 5.91 Å². The number of carbonyl (C=O) groups is 1. The summed E-state index contributed by atoms with van der Waals surface area (Å²) >= 11 is 1.50. The number of thioether (sulfide) groups is 1. The highest BCUT2D eigenvalue weighted by Gasteiger charge is 2.14. The molecule has 2 aromatic rings. The van der Waals surface area contributed by atoms with Crippen molar-refractivity contribution in [1.29, 1.82) is 0 Å². The maximum Gasteiger partial charge on any atom is 0.230 e. The van der Waals surface area contributed by atoms with Gasteiger partial charge in [-0.15, -0.1) is 11.8 Å². The van der Waals surface area contributed by atoms with Crippen molar-refractivity contribution in [1.82, 2.24) is 5.32 Å². The second-order valence-electron chi connectivity index (χ2n) is 6.24. The molecule has 25 heavy (non-hydrogen) atoms. The van der Waals surface area contributed by atoms with Gasteiger partial charge < -0.3 is 14.8 Å². The molecule has 1 unspecified atom stereocenters. The van der Waals surface area contributed by atoms with Crippen LogP contribution in [0.25, 0.3) is 0 Å². The molecule has 1 aliphatic heterocycles. The Hall–Kier alpha value is -2.14. The topological polar surface area (TPSA) is 47.6 Å². The molecule has 0 aliphatic carbocycles. The Balaban J connectivity index is 1.56. The van der Waals surface area contributed by atoms with Gasteiger partial charge in [-0.05, 0) is 50.1 Å². The summed E-state index contributed by atoms with van der Waals surface area (Å²) < 4.78 is 11.1. The van der Waals surface area contributed by atoms with Crippen molar-refractivity contribution in [2.75, 3.05) is 19.0 Å². The Kier molecular flexibility index (Phi) is 5.53. The fraction of sp³-hybridized carbons (Fsp3) is 0.350. The van der Waals surface area contributed by atoms with Gasteiger partial charge in [0, 0.05) is 4.90 Å². The van der Waals surface area contributed by atoms with E-state index in [9.17, 15) is 4.79 Å². The third-order valence-corrected chi connectivity index (χ3v) is 5.16. The summed E-state index contributed by atoms with van der Waals surface area (Å²) in [6.07, 6.45) is 0. The highest BCUT2D eigenvalue weighted by Crippen LogP contribution is 2.34. The number of fused-ring (bicyclic) bond motifs is 1. The van der Waals surface area contributed by atoms with E-state index in [0.29, 0.717) is 19.0 Å². The van der Waals surface area contributed by atoms with E-state index in [4.69, 9.17) is 9.47 Å². The second-order valence-corrected chi connectivity index (χ2v) is 7.29. The predicted molar refractivity (Wildman–Crippen MR) is 101 cm³/mol. The standard InChI is InChI=1S/C20H23NO3S/c1-13-4-5-14(2)17(10-13)15(3)21-20(22)12-25-16-6-7-18-19(11-16)24-9-8-23-18/h4-7,10-11,15H,8-9,12H2,1-3H3,(H,21,22). The summed E-state index contributed by atoms with van der Waals surface area (Å²) in [7, 11) is 0. The molecular weight excluding hydrogens is 334 g/mol. The van der Waals surface area contributed by atoms with Crippen molar-refractivity contribution in [2.24, 2.45) is 0 Å². The van der Waals surface area contributed by atoms with E-state index in [2.05, 4.69) is 37.4 Å². The lowest BCUT2D eigenvalue weighted by Gasteiger charge is -2.19. The predicted octanol–water partition coefficient (Wildman–Crippen LogP) is 4.04. The van der Waals surface area contributed by atoms with Crippen LogP contribution in [0.15, 0.2) is 41.3 Å². The van der Waals surface area contributed by atoms with Gasteiger partial charge >= 0.3 is 0 Å². The molecule has 0 radical (unpaired) electrons. The molecule has 1 atom stereocenters. The lowest BCUT2D eigenvalue weighted by molar-refractivity contribution is -0.119. The zero-order valence-electron chi connectivity index (χ0n) is 14.8. The first-order chi connectivity index (χ1) is 12.0. The monoisotopic (exact) mass is 357 g/mol. The molecule has 0 bridgehead atoms. The van der Waals surface area contributed by atoms with Crippen LogP contribution >= 0.6 is 11.8 Å². The van der Waals surface area contributed by atoms with Crippen LogP contribution in [0.1, 0.15) is 29.7 Å². The Morgan fingerprint density at radius 1 is 1.12 bits per heavy atom. The number of aryl methyl sites for hydroxylation is 2. The van der Waals surface area contributed by atoms with Crippen molar-refractivity contribution in [3.05, 3.63) is 53.1 Å². The van der Waals surface area contributed by atoms with E-state index in [1.807, 2.05) is 25.1 Å². The first kappa shape index (κ1) is 17.7. The molecule has 2 aromatic carbocycles. The van der Waals surface area contributed by atoms with E-state index in [0.717, 1.165) is 22.0 Å². The molecule has 5 heteroatoms. The Morgan fingerprint density at radius 3 is 2.68 bits per heavy atom. The van der Waals surface area contributed by atoms with Gasteiger partial charge in [0.25, 0.3) is 0 Å². The summed E-state index contributed by atoms with van der Waals surface area (Å²) in [5.41, 5.74) is 3.56. The van der Waals surface area contributed by atoms with Crippen LogP contribution in [-0.2, 0) is 4.79 Å². The molecule has 0 fully saturated rings. The molecule has 4 nitrogen and oxygen atoms in total. The maximum atomic E-state index is 12.3. The van der Waals surface area contributed by atoms with Crippen molar-refractivity contribution in [3.63, 3.8) is 0 Å². The van der Waals surface area contributed by atoms with E-state index < -0.39 is 0 Å². The minimum atomic E-state index is -0.00623. The summed E-state index contributed by atoms with van der Waals surface area (Å²) in [6.45, 7) is 7.30. The summed E-state index contributed by atoms with van der Waals surface area (Å²) in [5, 5.41) is 3.08. The fourth-order valence-corrected chi connectivity index (χ4v) is 3.59. The number of hydrogen-bond donors (Lipinski definition) is 1. The zero-order valence-corrected chi connectivity index (χ0v) is 15.6. The third-order valence-electron chi connectivity index (χ3n) is 4.16. The molecule has 1 aliphatic rings. The van der Waals surface area contributed by atoms with Crippen molar-refractivity contribution in [2.45, 2.75) is 31.7 Å². The molecule has 0 spiro atoms. The smallest absolute Gasteiger partial charge is 0.230 e. The van der Waals surface area contributed by atoms with Crippen LogP contribution in [0.3, 0.4) is 0 Å². The lowest BCUT2D eigenvalue weighted by atomic mass is 10.00. The molecule has 1 N–H and O–H groups in total. The highest BCUT2D eigenvalue weighted by atomic mass is 32.2. The molecule has 1 heterocycles. The Morgan fingerprint density at radius 2 is 1.88 bits per heavy atom. The number of rotatable bonds is 5. The van der Waals surface area contributed by atoms with Gasteiger partial charge in [-0.2, -0.15) is 0 Å². The average molecular weight is 357 g/mol. The van der Waals surface area contributed by atoms with E-state index in [1.54, 1.807) is 0 Å². The Bertz CT molecular complexity index is 776. The summed E-state index contributed by atoms with van der Waals surface area (Å²) in [6, 6.07) is 12.1. The Labute approximate surface area is 152 Å². The average Bonchev–Trinajstić information content (AvgIpc) is 2.61. The minimum Gasteiger partial charge on any atom is -0.486 e. The minimum absolute atomic E-state index is 0.00623. The van der Waals surface area contributed by atoms with Crippen LogP contribution in [0, 0.1) is 13.8 Å². The van der Waals surface area contributed by atoms with Crippen molar-refractivity contribution in [3.8, 4) is 11.5 Å². The third kappa shape index (κ3) is 4.48. The van der Waals surface area contributed by atoms with Gasteiger partial charge in [0.1, 0.15) is 13.2 Å². The van der Waals surface area contributed by atoms with Gasteiger partial charge in [0.05, 0.1) is 11.8 Å². The normalized spacial score (nSPS) is 14.0. The number of hydrogen-bond acceptors (Lipinski definition) is 4. The zero-order chi connectivity index (χ0) is 17.8. The molecule has 132 valence electrons. The largest absolute Gasteiger partial charge is 0.486 e. The van der Waals surface area contributed by atoms with Crippen LogP contribution in [0.5, 0.6) is 11.5 Å². The molecule has 0 saturated heterocycles. The SMILES string of the molecule is Cc1ccc(C)c(C(C)NC(=O)CSc2ccc3c(c2)OCCO3)c1. The van der Waals surface area contributed by atoms with Gasteiger partial charge in [-0.3, -0.25) is 4.79 Å². The second kappa shape index (κ2) is 7.83. The van der Waals surface area contributed by atoms with Gasteiger partial charge in [0.15, 0.2) is 11.5 Å².